The van der Waals surface area contributed by atoms with E-state index in [1.54, 1.807) is 0 Å². The molecule has 0 aromatic heterocycles. The molecule has 0 aliphatic carbocycles. The maximum absolute atomic E-state index is 12.7. The van der Waals surface area contributed by atoms with E-state index in [0.29, 0.717) is 5.92 Å². The Labute approximate surface area is 112 Å². The van der Waals surface area contributed by atoms with Gasteiger partial charge in [-0.25, -0.2) is 0 Å². The first-order valence-electron chi connectivity index (χ1n) is 6.88. The molecule has 0 N–H and O–H groups in total. The van der Waals surface area contributed by atoms with Crippen LogP contribution in [0.15, 0.2) is 22.4 Å². The molecule has 102 valence electrons. The summed E-state index contributed by atoms with van der Waals surface area (Å²) in [7, 11) is 0. The van der Waals surface area contributed by atoms with Gasteiger partial charge in [-0.2, -0.15) is 0 Å². The molecule has 1 aliphatic rings. The van der Waals surface area contributed by atoms with Crippen LogP contribution in [0.3, 0.4) is 0 Å². The Balaban J connectivity index is 3.51. The Morgan fingerprint density at radius 2 is 1.50 bits per heavy atom. The number of hydrogen-bond donors (Lipinski definition) is 0. The maximum Gasteiger partial charge on any atom is 0.235 e. The number of amides is 1. The maximum atomic E-state index is 12.7. The van der Waals surface area contributed by atoms with E-state index in [2.05, 4.69) is 55.4 Å². The molecule has 1 saturated heterocycles. The third-order valence-corrected chi connectivity index (χ3v) is 3.51. The Morgan fingerprint density at radius 1 is 1.00 bits per heavy atom. The van der Waals surface area contributed by atoms with Gasteiger partial charge in [0.2, 0.25) is 5.91 Å². The van der Waals surface area contributed by atoms with Crippen molar-refractivity contribution < 1.29 is 4.79 Å². The molecule has 1 unspecified atom stereocenters. The molecule has 1 aliphatic heterocycles. The molecule has 2 nitrogen and oxygen atoms in total. The highest BCUT2D eigenvalue weighted by Gasteiger charge is 2.43. The number of rotatable bonds is 2. The summed E-state index contributed by atoms with van der Waals surface area (Å²) in [6.45, 7) is 16.9. The SMILES string of the molecule is CC(C)=C1C(=C(C)C)N(C(C)C)C(=O)C1C(C)C. The quantitative estimate of drug-likeness (QED) is 0.720. The number of carbonyl (C=O) groups excluding carboxylic acids is 1. The van der Waals surface area contributed by atoms with Gasteiger partial charge in [0, 0.05) is 11.7 Å². The van der Waals surface area contributed by atoms with Gasteiger partial charge in [0.1, 0.15) is 0 Å². The molecule has 0 saturated carbocycles. The van der Waals surface area contributed by atoms with Gasteiger partial charge in [-0.1, -0.05) is 25.0 Å². The van der Waals surface area contributed by atoms with Gasteiger partial charge in [0.05, 0.1) is 5.92 Å². The van der Waals surface area contributed by atoms with E-state index in [1.807, 2.05) is 4.90 Å². The summed E-state index contributed by atoms with van der Waals surface area (Å²) in [5, 5.41) is 0. The van der Waals surface area contributed by atoms with E-state index >= 15 is 0 Å². The van der Waals surface area contributed by atoms with Crippen molar-refractivity contribution >= 4 is 5.91 Å². The first-order valence-corrected chi connectivity index (χ1v) is 6.88. The number of nitrogens with zero attached hydrogens (tertiary/aromatic N) is 1. The summed E-state index contributed by atoms with van der Waals surface area (Å²) in [5.74, 6) is 0.648. The van der Waals surface area contributed by atoms with E-state index < -0.39 is 0 Å². The molecular weight excluding hydrogens is 222 g/mol. The van der Waals surface area contributed by atoms with Crippen molar-refractivity contribution in [3.63, 3.8) is 0 Å². The van der Waals surface area contributed by atoms with E-state index in [0.717, 1.165) is 5.70 Å². The summed E-state index contributed by atoms with van der Waals surface area (Å²) < 4.78 is 0. The Morgan fingerprint density at radius 3 is 1.78 bits per heavy atom. The van der Waals surface area contributed by atoms with Gasteiger partial charge in [-0.15, -0.1) is 0 Å². The van der Waals surface area contributed by atoms with Gasteiger partial charge < -0.3 is 4.90 Å². The van der Waals surface area contributed by atoms with E-state index in [1.165, 1.54) is 16.7 Å². The van der Waals surface area contributed by atoms with Crippen molar-refractivity contribution in [2.45, 2.75) is 61.4 Å². The van der Waals surface area contributed by atoms with E-state index in [9.17, 15) is 4.79 Å². The Hall–Kier alpha value is -1.05. The lowest BCUT2D eigenvalue weighted by molar-refractivity contribution is -0.132. The highest BCUT2D eigenvalue weighted by Crippen LogP contribution is 2.42. The smallest absolute Gasteiger partial charge is 0.235 e. The standard InChI is InChI=1S/C16H27NO/c1-9(2)13-14(10(3)4)16(18)17(12(7)8)15(13)11(5)6/h10,12,14H,1-8H3. The second kappa shape index (κ2) is 5.29. The first kappa shape index (κ1) is 15.0. The molecule has 1 fully saturated rings. The topological polar surface area (TPSA) is 20.3 Å². The van der Waals surface area contributed by atoms with Crippen molar-refractivity contribution in [2.75, 3.05) is 0 Å². The van der Waals surface area contributed by atoms with Crippen LogP contribution in [-0.2, 0) is 4.79 Å². The fourth-order valence-corrected chi connectivity index (χ4v) is 2.85. The Bertz CT molecular complexity index is 367. The molecule has 2 heteroatoms. The van der Waals surface area contributed by atoms with Crippen molar-refractivity contribution in [2.24, 2.45) is 11.8 Å². The van der Waals surface area contributed by atoms with Crippen LogP contribution >= 0.6 is 0 Å². The van der Waals surface area contributed by atoms with Crippen molar-refractivity contribution in [1.82, 2.24) is 4.90 Å². The second-order valence-electron chi connectivity index (χ2n) is 6.29. The summed E-state index contributed by atoms with van der Waals surface area (Å²) in [6, 6.07) is 0.223. The zero-order valence-corrected chi connectivity index (χ0v) is 13.1. The fourth-order valence-electron chi connectivity index (χ4n) is 2.85. The molecule has 0 aromatic carbocycles. The highest BCUT2D eigenvalue weighted by atomic mass is 16.2. The summed E-state index contributed by atoms with van der Waals surface area (Å²) in [5.41, 5.74) is 4.91. The predicted octanol–water partition coefficient (Wildman–Crippen LogP) is 4.14. The normalized spacial score (nSPS) is 20.4. The molecule has 1 rings (SSSR count). The number of hydrogen-bond acceptors (Lipinski definition) is 1. The fraction of sp³-hybridized carbons (Fsp3) is 0.688. The summed E-state index contributed by atoms with van der Waals surface area (Å²) in [6.07, 6.45) is 0. The van der Waals surface area contributed by atoms with Crippen LogP contribution in [0, 0.1) is 11.8 Å². The third kappa shape index (κ3) is 2.38. The predicted molar refractivity (Wildman–Crippen MR) is 77.1 cm³/mol. The first-order chi connectivity index (χ1) is 8.20. The van der Waals surface area contributed by atoms with Crippen molar-refractivity contribution in [3.05, 3.63) is 22.4 Å². The highest BCUT2D eigenvalue weighted by molar-refractivity contribution is 5.91. The van der Waals surface area contributed by atoms with Crippen LogP contribution in [0.5, 0.6) is 0 Å². The van der Waals surface area contributed by atoms with Gasteiger partial charge in [-0.3, -0.25) is 4.79 Å². The van der Waals surface area contributed by atoms with E-state index in [4.69, 9.17) is 0 Å². The lowest BCUT2D eigenvalue weighted by atomic mass is 9.86. The van der Waals surface area contributed by atoms with Crippen LogP contribution in [0.1, 0.15) is 55.4 Å². The second-order valence-corrected chi connectivity index (χ2v) is 6.29. The average Bonchev–Trinajstić information content (AvgIpc) is 2.51. The molecule has 0 radical (unpaired) electrons. The van der Waals surface area contributed by atoms with Crippen molar-refractivity contribution in [1.29, 1.82) is 0 Å². The molecule has 1 amide bonds. The van der Waals surface area contributed by atoms with Crippen LogP contribution in [0.25, 0.3) is 0 Å². The average molecular weight is 249 g/mol. The van der Waals surface area contributed by atoms with Crippen molar-refractivity contribution in [3.8, 4) is 0 Å². The number of allylic oxidation sites excluding steroid dienone is 3. The lowest BCUT2D eigenvalue weighted by Gasteiger charge is -2.24. The Kier molecular flexibility index (Phi) is 4.41. The molecule has 0 aromatic rings. The summed E-state index contributed by atoms with van der Waals surface area (Å²) in [4.78, 5) is 14.7. The van der Waals surface area contributed by atoms with Gasteiger partial charge in [-0.05, 0) is 53.0 Å². The number of carbonyl (C=O) groups is 1. The zero-order valence-electron chi connectivity index (χ0n) is 13.1. The minimum absolute atomic E-state index is 0.0299. The van der Waals surface area contributed by atoms with Gasteiger partial charge in [0.15, 0.2) is 0 Å². The van der Waals surface area contributed by atoms with Crippen LogP contribution in [-0.4, -0.2) is 16.8 Å². The van der Waals surface area contributed by atoms with E-state index in [-0.39, 0.29) is 17.9 Å². The monoisotopic (exact) mass is 249 g/mol. The molecular formula is C16H27NO. The zero-order chi connectivity index (χ0) is 14.2. The van der Waals surface area contributed by atoms with Crippen LogP contribution in [0.4, 0.5) is 0 Å². The molecule has 0 bridgehead atoms. The minimum Gasteiger partial charge on any atom is -0.309 e. The lowest BCUT2D eigenvalue weighted by Crippen LogP contribution is -2.34. The van der Waals surface area contributed by atoms with Crippen LogP contribution in [0.2, 0.25) is 0 Å². The van der Waals surface area contributed by atoms with Gasteiger partial charge >= 0.3 is 0 Å². The molecule has 1 heterocycles. The van der Waals surface area contributed by atoms with Crippen LogP contribution < -0.4 is 0 Å². The number of likely N-dealkylation sites (tertiary alicyclic amines) is 1. The third-order valence-electron chi connectivity index (χ3n) is 3.51. The molecule has 1 atom stereocenters. The minimum atomic E-state index is 0.0299. The molecule has 18 heavy (non-hydrogen) atoms. The summed E-state index contributed by atoms with van der Waals surface area (Å²) >= 11 is 0. The largest absolute Gasteiger partial charge is 0.309 e. The molecule has 0 spiro atoms. The van der Waals surface area contributed by atoms with Gasteiger partial charge in [0.25, 0.3) is 0 Å².